The summed E-state index contributed by atoms with van der Waals surface area (Å²) in [6.45, 7) is 0.996. The lowest BCUT2D eigenvalue weighted by molar-refractivity contribution is -0.902. The number of carbonyl (C=O) groups excluding carboxylic acids is 1. The van der Waals surface area contributed by atoms with E-state index in [0.717, 1.165) is 18.4 Å². The number of likely N-dealkylation sites (N-methyl/N-ethyl adjacent to an activating group) is 1. The van der Waals surface area contributed by atoms with Crippen LogP contribution in [0.2, 0.25) is 0 Å². The maximum atomic E-state index is 12.7. The molecule has 4 heteroatoms. The van der Waals surface area contributed by atoms with Crippen LogP contribution in [-0.4, -0.2) is 37.8 Å². The Labute approximate surface area is 133 Å². The predicted octanol–water partition coefficient (Wildman–Crippen LogP) is 2.84. The molecule has 4 nitrogen and oxygen atoms in total. The van der Waals surface area contributed by atoms with Crippen molar-refractivity contribution in [1.29, 1.82) is 0 Å². The van der Waals surface area contributed by atoms with E-state index in [-0.39, 0.29) is 11.9 Å². The molecule has 0 aliphatic heterocycles. The first-order chi connectivity index (χ1) is 10.5. The highest BCUT2D eigenvalue weighted by molar-refractivity contribution is 5.78. The second kappa shape index (κ2) is 7.75. The van der Waals surface area contributed by atoms with E-state index in [4.69, 9.17) is 10.6 Å². The highest BCUT2D eigenvalue weighted by Gasteiger charge is 2.32. The van der Waals surface area contributed by atoms with Gasteiger partial charge in [0, 0.05) is 0 Å². The van der Waals surface area contributed by atoms with E-state index in [1.54, 1.807) is 0 Å². The van der Waals surface area contributed by atoms with Gasteiger partial charge in [0.25, 0.3) is 0 Å². The molecule has 1 aliphatic carbocycles. The van der Waals surface area contributed by atoms with Crippen LogP contribution in [0.3, 0.4) is 0 Å². The Kier molecular flexibility index (Phi) is 5.98. The highest BCUT2D eigenvalue weighted by Crippen LogP contribution is 2.36. The zero-order valence-electron chi connectivity index (χ0n) is 13.8. The van der Waals surface area contributed by atoms with E-state index in [1.165, 1.54) is 19.3 Å². The smallest absolute Gasteiger partial charge is 0.313 e. The number of nitrogens with two attached hydrogens (primary N) is 1. The van der Waals surface area contributed by atoms with E-state index in [1.807, 2.05) is 44.4 Å². The van der Waals surface area contributed by atoms with Crippen LogP contribution in [0.4, 0.5) is 0 Å². The molecule has 0 spiro atoms. The van der Waals surface area contributed by atoms with Crippen molar-refractivity contribution in [2.24, 2.45) is 11.8 Å². The first kappa shape index (κ1) is 17.0. The molecule has 1 unspecified atom stereocenters. The van der Waals surface area contributed by atoms with Crippen molar-refractivity contribution >= 4 is 5.97 Å². The largest absolute Gasteiger partial charge is 0.459 e. The number of quaternary nitrogens is 1. The van der Waals surface area contributed by atoms with E-state index >= 15 is 0 Å². The third-order valence-electron chi connectivity index (χ3n) is 4.45. The summed E-state index contributed by atoms with van der Waals surface area (Å²) in [6.07, 6.45) is 5.95. The normalized spacial score (nSPS) is 18.0. The molecule has 0 saturated heterocycles. The summed E-state index contributed by atoms with van der Waals surface area (Å²) in [5.74, 6) is 6.08. The second-order valence-corrected chi connectivity index (χ2v) is 6.96. The molecule has 122 valence electrons. The van der Waals surface area contributed by atoms with Crippen molar-refractivity contribution in [3.8, 4) is 0 Å². The van der Waals surface area contributed by atoms with Crippen LogP contribution in [-0.2, 0) is 9.53 Å². The quantitative estimate of drug-likeness (QED) is 0.380. The fraction of sp³-hybridized carbons (Fsp3) is 0.611. The molecule has 1 atom stereocenters. The van der Waals surface area contributed by atoms with Crippen molar-refractivity contribution in [2.75, 3.05) is 27.2 Å². The Morgan fingerprint density at radius 1 is 1.23 bits per heavy atom. The molecule has 1 aliphatic rings. The molecule has 2 N–H and O–H groups in total. The van der Waals surface area contributed by atoms with Crippen molar-refractivity contribution in [1.82, 2.24) is 0 Å². The minimum absolute atomic E-state index is 0.0912. The molecule has 0 heterocycles. The van der Waals surface area contributed by atoms with Gasteiger partial charge in [-0.05, 0) is 24.3 Å². The number of esters is 1. The molecule has 0 amide bonds. The average molecular weight is 305 g/mol. The topological polar surface area (TPSA) is 52.3 Å². The lowest BCUT2D eigenvalue weighted by Crippen LogP contribution is -2.49. The summed E-state index contributed by atoms with van der Waals surface area (Å²) in [7, 11) is 3.79. The van der Waals surface area contributed by atoms with Gasteiger partial charge in [0.1, 0.15) is 13.2 Å². The summed E-state index contributed by atoms with van der Waals surface area (Å²) in [6, 6.07) is 10.1. The molecular weight excluding hydrogens is 276 g/mol. The van der Waals surface area contributed by atoms with Gasteiger partial charge in [0.05, 0.1) is 20.0 Å². The van der Waals surface area contributed by atoms with E-state index in [2.05, 4.69) is 0 Å². The summed E-state index contributed by atoms with van der Waals surface area (Å²) >= 11 is 0. The van der Waals surface area contributed by atoms with Gasteiger partial charge in [0.2, 0.25) is 0 Å². The molecule has 1 aromatic carbocycles. The summed E-state index contributed by atoms with van der Waals surface area (Å²) in [5.41, 5.74) is 1.08. The van der Waals surface area contributed by atoms with Crippen LogP contribution in [0.25, 0.3) is 0 Å². The first-order valence-electron chi connectivity index (χ1n) is 8.30. The number of hydrogen-bond acceptors (Lipinski definition) is 3. The molecule has 1 saturated carbocycles. The average Bonchev–Trinajstić information content (AvgIpc) is 2.48. The van der Waals surface area contributed by atoms with E-state index in [9.17, 15) is 4.79 Å². The third-order valence-corrected chi connectivity index (χ3v) is 4.45. The molecule has 1 fully saturated rings. The zero-order valence-corrected chi connectivity index (χ0v) is 13.8. The zero-order chi connectivity index (χ0) is 16.0. The van der Waals surface area contributed by atoms with Gasteiger partial charge in [-0.15, -0.1) is 0 Å². The molecule has 22 heavy (non-hydrogen) atoms. The molecular formula is C18H29N2O2+. The Bertz CT molecular complexity index is 462. The summed E-state index contributed by atoms with van der Waals surface area (Å²) in [4.78, 5) is 12.7. The monoisotopic (exact) mass is 305 g/mol. The van der Waals surface area contributed by atoms with Crippen molar-refractivity contribution in [3.05, 3.63) is 35.9 Å². The SMILES string of the molecule is C[N+](C)(N)CCOC(=O)C(c1ccccc1)C1CCCCC1. The number of hydrogen-bond donors (Lipinski definition) is 1. The van der Waals surface area contributed by atoms with Gasteiger partial charge in [-0.3, -0.25) is 9.39 Å². The fourth-order valence-corrected chi connectivity index (χ4v) is 3.20. The van der Waals surface area contributed by atoms with Crippen LogP contribution in [0, 0.1) is 5.92 Å². The van der Waals surface area contributed by atoms with Crippen LogP contribution in [0.15, 0.2) is 30.3 Å². The Hall–Kier alpha value is -1.39. The van der Waals surface area contributed by atoms with Crippen LogP contribution >= 0.6 is 0 Å². The van der Waals surface area contributed by atoms with Gasteiger partial charge in [-0.2, -0.15) is 5.84 Å². The number of carbonyl (C=O) groups is 1. The first-order valence-corrected chi connectivity index (χ1v) is 8.30. The molecule has 2 rings (SSSR count). The molecule has 1 aromatic rings. The van der Waals surface area contributed by atoms with E-state index < -0.39 is 0 Å². The lowest BCUT2D eigenvalue weighted by atomic mass is 9.77. The second-order valence-electron chi connectivity index (χ2n) is 6.96. The Balaban J connectivity index is 2.05. The number of ether oxygens (including phenoxy) is 1. The molecule has 0 radical (unpaired) electrons. The molecule has 0 aromatic heterocycles. The van der Waals surface area contributed by atoms with E-state index in [0.29, 0.717) is 23.7 Å². The fourth-order valence-electron chi connectivity index (χ4n) is 3.20. The third kappa shape index (κ3) is 5.11. The van der Waals surface area contributed by atoms with Crippen molar-refractivity contribution < 1.29 is 14.1 Å². The standard InChI is InChI=1S/C18H29N2O2/c1-20(2,19)13-14-22-18(21)17(15-9-5-3-6-10-15)16-11-7-4-8-12-16/h3,5-6,9-10,16-17H,4,7-8,11-14,19H2,1-2H3/q+1. The minimum Gasteiger partial charge on any atom is -0.459 e. The number of benzene rings is 1. The minimum atomic E-state index is -0.130. The summed E-state index contributed by atoms with van der Waals surface area (Å²) in [5, 5.41) is 0. The summed E-state index contributed by atoms with van der Waals surface area (Å²) < 4.78 is 5.87. The van der Waals surface area contributed by atoms with Crippen LogP contribution < -0.4 is 5.84 Å². The highest BCUT2D eigenvalue weighted by atomic mass is 16.5. The maximum absolute atomic E-state index is 12.7. The maximum Gasteiger partial charge on any atom is 0.313 e. The number of rotatable bonds is 6. The van der Waals surface area contributed by atoms with Crippen molar-refractivity contribution in [3.63, 3.8) is 0 Å². The number of nitrogens with zero attached hydrogens (tertiary/aromatic N) is 1. The van der Waals surface area contributed by atoms with Gasteiger partial charge < -0.3 is 4.74 Å². The van der Waals surface area contributed by atoms with Gasteiger partial charge in [-0.1, -0.05) is 49.6 Å². The molecule has 0 bridgehead atoms. The van der Waals surface area contributed by atoms with Crippen LogP contribution in [0.5, 0.6) is 0 Å². The van der Waals surface area contributed by atoms with Gasteiger partial charge in [0.15, 0.2) is 0 Å². The Morgan fingerprint density at radius 2 is 1.86 bits per heavy atom. The van der Waals surface area contributed by atoms with Crippen molar-refractivity contribution in [2.45, 2.75) is 38.0 Å². The predicted molar refractivity (Wildman–Crippen MR) is 87.9 cm³/mol. The lowest BCUT2D eigenvalue weighted by Gasteiger charge is -2.29. The van der Waals surface area contributed by atoms with Crippen LogP contribution in [0.1, 0.15) is 43.6 Å². The Morgan fingerprint density at radius 3 is 2.45 bits per heavy atom. The van der Waals surface area contributed by atoms with Gasteiger partial charge in [-0.25, -0.2) is 0 Å². The van der Waals surface area contributed by atoms with Gasteiger partial charge >= 0.3 is 5.97 Å².